The lowest BCUT2D eigenvalue weighted by atomic mass is 9.55. The Morgan fingerprint density at radius 2 is 1.39 bits per heavy atom. The summed E-state index contributed by atoms with van der Waals surface area (Å²) in [6.45, 7) is 6.04. The first kappa shape index (κ1) is 41.0. The second-order valence-electron chi connectivity index (χ2n) is 15.6. The highest BCUT2D eigenvalue weighted by Gasteiger charge is 2.59. The van der Waals surface area contributed by atoms with Gasteiger partial charge in [0.25, 0.3) is 8.32 Å². The number of alkyl halides is 6. The van der Waals surface area contributed by atoms with Crippen molar-refractivity contribution in [3.8, 4) is 5.75 Å². The second-order valence-corrected chi connectivity index (χ2v) is 20.9. The molecule has 4 atom stereocenters. The molecule has 0 unspecified atom stereocenters. The molecule has 1 aliphatic carbocycles. The molecule has 3 aliphatic rings. The molecule has 16 heteroatoms. The van der Waals surface area contributed by atoms with Gasteiger partial charge >= 0.3 is 19.5 Å². The molecule has 0 radical (unpaired) electrons. The third kappa shape index (κ3) is 7.39. The average molecular weight is 873 g/mol. The molecule has 4 aromatic rings. The van der Waals surface area contributed by atoms with Crippen LogP contribution in [0.5, 0.6) is 5.75 Å². The number of phenols is 1. The maximum absolute atomic E-state index is 14.4. The maximum atomic E-state index is 14.4. The zero-order valence-electron chi connectivity index (χ0n) is 30.9. The van der Waals surface area contributed by atoms with Crippen LogP contribution in [-0.4, -0.2) is 44.0 Å². The van der Waals surface area contributed by atoms with E-state index in [9.17, 15) is 46.1 Å². The molecular formula is C41H37BBrF6NO6Si. The molecule has 0 aromatic heterocycles. The monoisotopic (exact) mass is 871 g/mol. The minimum absolute atomic E-state index is 0.0641. The highest BCUT2D eigenvalue weighted by atomic mass is 79.9. The number of hydrogen-bond donors (Lipinski definition) is 2. The number of nitrogens with zero attached hydrogens (tertiary/aromatic N) is 1. The number of amides is 2. The van der Waals surface area contributed by atoms with Crippen molar-refractivity contribution in [2.75, 3.05) is 11.5 Å². The van der Waals surface area contributed by atoms with E-state index in [1.165, 1.54) is 6.07 Å². The Kier molecular flexibility index (Phi) is 10.7. The number of aromatic hydroxyl groups is 1. The lowest BCUT2D eigenvalue weighted by Crippen LogP contribution is -2.66. The first-order valence-corrected chi connectivity index (χ1v) is 20.9. The van der Waals surface area contributed by atoms with Crippen LogP contribution in [0.3, 0.4) is 0 Å². The molecule has 2 amide bonds. The van der Waals surface area contributed by atoms with Crippen molar-refractivity contribution in [3.63, 3.8) is 0 Å². The van der Waals surface area contributed by atoms with Gasteiger partial charge in [-0.3, -0.25) is 9.59 Å². The van der Waals surface area contributed by atoms with Gasteiger partial charge in [-0.25, -0.2) is 4.90 Å². The fourth-order valence-electron chi connectivity index (χ4n) is 8.81. The number of phenolic OH excluding ortho intramolecular Hbond substituents is 1. The number of halogens is 7. The van der Waals surface area contributed by atoms with Crippen LogP contribution < -0.4 is 15.3 Å². The molecule has 7 nitrogen and oxygen atoms in total. The molecule has 2 aliphatic heterocycles. The number of carbonyl (C=O) groups is 2. The van der Waals surface area contributed by atoms with E-state index in [0.717, 1.165) is 10.4 Å². The highest BCUT2D eigenvalue weighted by Crippen LogP contribution is 2.54. The van der Waals surface area contributed by atoms with Gasteiger partial charge in [-0.05, 0) is 81.6 Å². The fraction of sp³-hybridized carbons (Fsp3) is 0.317. The van der Waals surface area contributed by atoms with Crippen LogP contribution in [0.4, 0.5) is 32.0 Å². The molecule has 7 rings (SSSR count). The molecule has 2 heterocycles. The largest absolute Gasteiger partial charge is 0.508 e. The number of hydrogen-bond acceptors (Lipinski definition) is 6. The van der Waals surface area contributed by atoms with E-state index in [0.29, 0.717) is 27.1 Å². The Labute approximate surface area is 334 Å². The van der Waals surface area contributed by atoms with Gasteiger partial charge in [-0.1, -0.05) is 97.4 Å². The van der Waals surface area contributed by atoms with Gasteiger partial charge in [0.1, 0.15) is 5.75 Å². The number of rotatable bonds is 7. The number of imide groups is 1. The van der Waals surface area contributed by atoms with Gasteiger partial charge in [-0.2, -0.15) is 26.3 Å². The van der Waals surface area contributed by atoms with Gasteiger partial charge < -0.3 is 19.2 Å². The Morgan fingerprint density at radius 1 is 0.825 bits per heavy atom. The third-order valence-corrected chi connectivity index (χ3v) is 16.7. The normalized spacial score (nSPS) is 21.9. The van der Waals surface area contributed by atoms with Crippen molar-refractivity contribution >= 4 is 59.2 Å². The highest BCUT2D eigenvalue weighted by molar-refractivity contribution is 9.10. The number of carbonyl (C=O) groups excluding carboxylic acids is 2. The number of anilines is 1. The summed E-state index contributed by atoms with van der Waals surface area (Å²) >= 11 is 3.37. The van der Waals surface area contributed by atoms with E-state index in [1.807, 2.05) is 60.7 Å². The summed E-state index contributed by atoms with van der Waals surface area (Å²) in [6, 6.07) is 24.6. The topological polar surface area (TPSA) is 96.3 Å². The van der Waals surface area contributed by atoms with E-state index in [2.05, 4.69) is 36.7 Å². The van der Waals surface area contributed by atoms with Crippen LogP contribution in [0.25, 0.3) is 0 Å². The number of fused-ring (bicyclic) bond motifs is 3. The molecule has 2 saturated heterocycles. The minimum atomic E-state index is -5.22. The predicted octanol–water partition coefficient (Wildman–Crippen LogP) is 8.37. The molecule has 0 saturated carbocycles. The molecular weight excluding hydrogens is 835 g/mol. The molecule has 0 bridgehead atoms. The summed E-state index contributed by atoms with van der Waals surface area (Å²) in [7, 11) is -4.91. The summed E-state index contributed by atoms with van der Waals surface area (Å²) in [5.41, 5.74) is -3.26. The van der Waals surface area contributed by atoms with E-state index in [1.54, 1.807) is 12.1 Å². The minimum Gasteiger partial charge on any atom is -0.508 e. The van der Waals surface area contributed by atoms with Crippen molar-refractivity contribution < 1.29 is 55.1 Å². The summed E-state index contributed by atoms with van der Waals surface area (Å²) in [5.74, 6) is -5.65. The third-order valence-electron chi connectivity index (χ3n) is 11.3. The first-order chi connectivity index (χ1) is 26.7. The van der Waals surface area contributed by atoms with Crippen molar-refractivity contribution in [1.82, 2.24) is 0 Å². The van der Waals surface area contributed by atoms with Gasteiger partial charge in [0.15, 0.2) is 0 Å². The van der Waals surface area contributed by atoms with Crippen LogP contribution >= 0.6 is 15.9 Å². The average Bonchev–Trinajstić information content (AvgIpc) is 3.40. The molecule has 4 aromatic carbocycles. The fourth-order valence-corrected chi connectivity index (χ4v) is 13.7. The van der Waals surface area contributed by atoms with Crippen LogP contribution in [-0.2, 0) is 31.0 Å². The van der Waals surface area contributed by atoms with Gasteiger partial charge in [0.2, 0.25) is 11.8 Å². The zero-order valence-corrected chi connectivity index (χ0v) is 33.5. The van der Waals surface area contributed by atoms with E-state index in [4.69, 9.17) is 9.08 Å². The van der Waals surface area contributed by atoms with Crippen LogP contribution in [0.1, 0.15) is 56.4 Å². The lowest BCUT2D eigenvalue weighted by molar-refractivity contribution is -0.143. The smallest absolute Gasteiger partial charge is 0.487 e. The Hall–Kier alpha value is -4.22. The quantitative estimate of drug-likeness (QED) is 0.110. The first-order valence-electron chi connectivity index (χ1n) is 18.2. The SMILES string of the molecule is CC(C)(C)[Si](OCC1=C2B(O)O[C@H](c3cc(Br)ccc3O)C[C@H]2[C@H]2C(=O)N(c3cc(C(F)(F)F)cc(C(F)(F)F)c3)C(=O)[C@H]2C1)(c1ccccc1)c1ccccc1. The van der Waals surface area contributed by atoms with E-state index < -0.39 is 85.3 Å². The summed E-state index contributed by atoms with van der Waals surface area (Å²) in [4.78, 5) is 29.2. The molecule has 57 heavy (non-hydrogen) atoms. The van der Waals surface area contributed by atoms with Crippen LogP contribution in [0, 0.1) is 17.8 Å². The predicted molar refractivity (Wildman–Crippen MR) is 207 cm³/mol. The summed E-state index contributed by atoms with van der Waals surface area (Å²) < 4.78 is 97.7. The summed E-state index contributed by atoms with van der Waals surface area (Å²) in [5, 5.41) is 24.0. The molecule has 298 valence electrons. The Bertz CT molecular complexity index is 2160. The Balaban J connectivity index is 1.36. The number of benzene rings is 4. The van der Waals surface area contributed by atoms with Crippen LogP contribution in [0.15, 0.2) is 113 Å². The second kappa shape index (κ2) is 14.9. The van der Waals surface area contributed by atoms with E-state index >= 15 is 0 Å². The lowest BCUT2D eigenvalue weighted by Gasteiger charge is -2.45. The molecule has 0 spiro atoms. The van der Waals surface area contributed by atoms with Crippen molar-refractivity contribution in [2.24, 2.45) is 17.8 Å². The van der Waals surface area contributed by atoms with Crippen molar-refractivity contribution in [1.29, 1.82) is 0 Å². The molecule has 2 fully saturated rings. The number of allylic oxidation sites excluding steroid dienone is 1. The van der Waals surface area contributed by atoms with Crippen molar-refractivity contribution in [3.05, 3.63) is 129 Å². The van der Waals surface area contributed by atoms with Crippen molar-refractivity contribution in [2.45, 2.75) is 57.1 Å². The maximum Gasteiger partial charge on any atom is 0.487 e. The Morgan fingerprint density at radius 3 is 1.91 bits per heavy atom. The molecule has 2 N–H and O–H groups in total. The van der Waals surface area contributed by atoms with Gasteiger partial charge in [0, 0.05) is 10.0 Å². The van der Waals surface area contributed by atoms with Gasteiger partial charge in [-0.15, -0.1) is 0 Å². The van der Waals surface area contributed by atoms with E-state index in [-0.39, 0.29) is 42.3 Å². The van der Waals surface area contributed by atoms with Crippen LogP contribution in [0.2, 0.25) is 5.04 Å². The standard InChI is InChI=1S/C41H37BBrF6NO6Si/c1-39(2,3)57(28-10-6-4-7-11-28,29-12-8-5-9-13-29)55-22-23-16-32-35(31-21-34(56-42(54)36(23)31)30-20-26(43)14-15-33(30)51)38(53)50(37(32)52)27-18-24(40(44,45)46)17-25(19-27)41(47,48)49/h4-15,17-20,31-32,34-35,51,54H,16,21-22H2,1-3H3/t31-,32-,34-,35+/m0/s1. The zero-order chi connectivity index (χ0) is 41.2. The summed E-state index contributed by atoms with van der Waals surface area (Å²) in [6.07, 6.45) is -11.7. The van der Waals surface area contributed by atoms with Gasteiger partial charge in [0.05, 0.1) is 41.4 Å².